The van der Waals surface area contributed by atoms with Gasteiger partial charge in [-0.2, -0.15) is 0 Å². The van der Waals surface area contributed by atoms with Gasteiger partial charge in [-0.25, -0.2) is 9.99 Å². The lowest BCUT2D eigenvalue weighted by molar-refractivity contribution is 0.178. The van der Waals surface area contributed by atoms with Crippen molar-refractivity contribution in [3.05, 3.63) is 22.8 Å². The summed E-state index contributed by atoms with van der Waals surface area (Å²) in [6.07, 6.45) is 0. The molecule has 1 fully saturated rings. The van der Waals surface area contributed by atoms with Gasteiger partial charge in [0.05, 0.1) is 0 Å². The molecule has 1 aromatic rings. The predicted molar refractivity (Wildman–Crippen MR) is 64.6 cm³/mol. The van der Waals surface area contributed by atoms with E-state index in [1.54, 1.807) is 0 Å². The third-order valence-corrected chi connectivity index (χ3v) is 2.93. The molecular formula is C10H15BrN4. The van der Waals surface area contributed by atoms with Crippen LogP contribution in [0.3, 0.4) is 0 Å². The van der Waals surface area contributed by atoms with E-state index in [4.69, 9.17) is 0 Å². The molecule has 0 unspecified atom stereocenters. The van der Waals surface area contributed by atoms with Gasteiger partial charge >= 0.3 is 0 Å². The number of hydrogen-bond donors (Lipinski definition) is 1. The molecule has 0 saturated carbocycles. The van der Waals surface area contributed by atoms with Crippen LogP contribution >= 0.6 is 15.9 Å². The molecule has 82 valence electrons. The van der Waals surface area contributed by atoms with Crippen LogP contribution in [0.4, 0.5) is 5.82 Å². The number of nitrogens with zero attached hydrogens (tertiary/aromatic N) is 3. The molecule has 1 aliphatic rings. The molecule has 0 bridgehead atoms. The van der Waals surface area contributed by atoms with Crippen molar-refractivity contribution in [1.29, 1.82) is 0 Å². The van der Waals surface area contributed by atoms with Crippen LogP contribution < -0.4 is 5.43 Å². The van der Waals surface area contributed by atoms with E-state index in [1.807, 2.05) is 18.2 Å². The minimum atomic E-state index is 0.863. The van der Waals surface area contributed by atoms with E-state index in [-0.39, 0.29) is 0 Å². The molecule has 1 N–H and O–H groups in total. The van der Waals surface area contributed by atoms with Crippen molar-refractivity contribution in [3.8, 4) is 0 Å². The van der Waals surface area contributed by atoms with Gasteiger partial charge in [0, 0.05) is 26.2 Å². The lowest BCUT2D eigenvalue weighted by Gasteiger charge is -2.32. The van der Waals surface area contributed by atoms with Crippen LogP contribution in [0.25, 0.3) is 0 Å². The molecule has 1 aliphatic heterocycles. The summed E-state index contributed by atoms with van der Waals surface area (Å²) in [6, 6.07) is 5.88. The number of nitrogens with one attached hydrogen (secondary N) is 1. The van der Waals surface area contributed by atoms with E-state index in [1.165, 1.54) is 0 Å². The molecule has 0 aliphatic carbocycles. The summed E-state index contributed by atoms with van der Waals surface area (Å²) in [4.78, 5) is 6.66. The first-order chi connectivity index (χ1) is 7.24. The predicted octanol–water partition coefficient (Wildman–Crippen LogP) is 1.42. The highest BCUT2D eigenvalue weighted by molar-refractivity contribution is 9.10. The topological polar surface area (TPSA) is 31.4 Å². The second kappa shape index (κ2) is 4.92. The standard InChI is InChI=1S/C10H15BrN4/c1-14-5-7-15(8-6-14)13-10-4-2-3-9(11)12-10/h2-4H,5-8H2,1H3,(H,12,13). The summed E-state index contributed by atoms with van der Waals surface area (Å²) in [5, 5.41) is 2.20. The Balaban J connectivity index is 1.92. The van der Waals surface area contributed by atoms with Gasteiger partial charge in [0.1, 0.15) is 10.4 Å². The zero-order valence-electron chi connectivity index (χ0n) is 8.78. The van der Waals surface area contributed by atoms with E-state index in [9.17, 15) is 0 Å². The normalized spacial score (nSPS) is 19.1. The molecule has 4 nitrogen and oxygen atoms in total. The molecule has 1 saturated heterocycles. The van der Waals surface area contributed by atoms with E-state index in [2.05, 4.69) is 43.3 Å². The maximum absolute atomic E-state index is 4.34. The fraction of sp³-hybridized carbons (Fsp3) is 0.500. The molecule has 2 heterocycles. The molecule has 0 radical (unpaired) electrons. The van der Waals surface area contributed by atoms with Gasteiger partial charge in [0.25, 0.3) is 0 Å². The van der Waals surface area contributed by atoms with Crippen LogP contribution in [-0.4, -0.2) is 48.1 Å². The molecule has 15 heavy (non-hydrogen) atoms. The zero-order chi connectivity index (χ0) is 10.7. The summed E-state index contributed by atoms with van der Waals surface area (Å²) in [5.41, 5.74) is 3.31. The number of hydrazine groups is 1. The zero-order valence-corrected chi connectivity index (χ0v) is 10.4. The lowest BCUT2D eigenvalue weighted by Crippen LogP contribution is -2.47. The van der Waals surface area contributed by atoms with Crippen LogP contribution in [0.5, 0.6) is 0 Å². The van der Waals surface area contributed by atoms with Gasteiger partial charge in [-0.3, -0.25) is 0 Å². The van der Waals surface area contributed by atoms with Crippen LogP contribution in [0.15, 0.2) is 22.8 Å². The fourth-order valence-corrected chi connectivity index (χ4v) is 1.89. The second-order valence-electron chi connectivity index (χ2n) is 3.75. The minimum absolute atomic E-state index is 0.863. The van der Waals surface area contributed by atoms with E-state index < -0.39 is 0 Å². The van der Waals surface area contributed by atoms with E-state index in [0.717, 1.165) is 36.6 Å². The number of piperazine rings is 1. The quantitative estimate of drug-likeness (QED) is 0.824. The van der Waals surface area contributed by atoms with Gasteiger partial charge in [0.2, 0.25) is 0 Å². The molecule has 5 heteroatoms. The summed E-state index contributed by atoms with van der Waals surface area (Å²) in [6.45, 7) is 4.26. The Morgan fingerprint density at radius 2 is 2.00 bits per heavy atom. The Bertz CT molecular complexity index is 323. The van der Waals surface area contributed by atoms with Gasteiger partial charge in [-0.1, -0.05) is 6.07 Å². The highest BCUT2D eigenvalue weighted by Crippen LogP contribution is 2.11. The molecule has 2 rings (SSSR count). The Morgan fingerprint density at radius 1 is 1.27 bits per heavy atom. The number of halogens is 1. The number of likely N-dealkylation sites (N-methyl/N-ethyl adjacent to an activating group) is 1. The number of aromatic nitrogens is 1. The highest BCUT2D eigenvalue weighted by Gasteiger charge is 2.13. The lowest BCUT2D eigenvalue weighted by atomic mass is 10.4. The molecule has 1 aromatic heterocycles. The summed E-state index contributed by atoms with van der Waals surface area (Å²) >= 11 is 3.36. The average molecular weight is 271 g/mol. The van der Waals surface area contributed by atoms with Crippen molar-refractivity contribution in [3.63, 3.8) is 0 Å². The molecule has 0 amide bonds. The van der Waals surface area contributed by atoms with Crippen LogP contribution in [-0.2, 0) is 0 Å². The number of rotatable bonds is 2. The first kappa shape index (κ1) is 10.9. The smallest absolute Gasteiger partial charge is 0.141 e. The monoisotopic (exact) mass is 270 g/mol. The Morgan fingerprint density at radius 3 is 2.67 bits per heavy atom. The SMILES string of the molecule is CN1CCN(Nc2cccc(Br)n2)CC1. The van der Waals surface area contributed by atoms with Crippen LogP contribution in [0.2, 0.25) is 0 Å². The summed E-state index contributed by atoms with van der Waals surface area (Å²) in [5.74, 6) is 0.897. The Labute approximate surface area is 98.4 Å². The van der Waals surface area contributed by atoms with Crippen LogP contribution in [0, 0.1) is 0 Å². The first-order valence-electron chi connectivity index (χ1n) is 5.07. The van der Waals surface area contributed by atoms with Gasteiger partial charge in [-0.15, -0.1) is 0 Å². The molecular weight excluding hydrogens is 256 g/mol. The fourth-order valence-electron chi connectivity index (χ4n) is 1.55. The second-order valence-corrected chi connectivity index (χ2v) is 4.56. The average Bonchev–Trinajstić information content (AvgIpc) is 2.22. The van der Waals surface area contributed by atoms with E-state index in [0.29, 0.717) is 0 Å². The third-order valence-electron chi connectivity index (χ3n) is 2.49. The molecule has 0 atom stereocenters. The maximum Gasteiger partial charge on any atom is 0.141 e. The maximum atomic E-state index is 4.34. The summed E-state index contributed by atoms with van der Waals surface area (Å²) in [7, 11) is 2.15. The van der Waals surface area contributed by atoms with Crippen molar-refractivity contribution in [2.45, 2.75) is 0 Å². The van der Waals surface area contributed by atoms with Crippen molar-refractivity contribution < 1.29 is 0 Å². The highest BCUT2D eigenvalue weighted by atomic mass is 79.9. The van der Waals surface area contributed by atoms with Crippen molar-refractivity contribution in [1.82, 2.24) is 14.9 Å². The largest absolute Gasteiger partial charge is 0.304 e. The third kappa shape index (κ3) is 3.15. The first-order valence-corrected chi connectivity index (χ1v) is 5.86. The molecule has 0 aromatic carbocycles. The minimum Gasteiger partial charge on any atom is -0.304 e. The number of pyridine rings is 1. The number of hydrogen-bond acceptors (Lipinski definition) is 4. The van der Waals surface area contributed by atoms with Crippen molar-refractivity contribution in [2.75, 3.05) is 38.7 Å². The van der Waals surface area contributed by atoms with E-state index >= 15 is 0 Å². The van der Waals surface area contributed by atoms with Gasteiger partial charge in [0.15, 0.2) is 0 Å². The molecule has 0 spiro atoms. The number of anilines is 1. The Hall–Kier alpha value is -0.650. The summed E-state index contributed by atoms with van der Waals surface area (Å²) < 4.78 is 0.863. The van der Waals surface area contributed by atoms with Crippen LogP contribution in [0.1, 0.15) is 0 Å². The van der Waals surface area contributed by atoms with Crippen molar-refractivity contribution >= 4 is 21.7 Å². The Kier molecular flexibility index (Phi) is 3.56. The van der Waals surface area contributed by atoms with Crippen molar-refractivity contribution in [2.24, 2.45) is 0 Å². The van der Waals surface area contributed by atoms with Gasteiger partial charge < -0.3 is 10.3 Å². The van der Waals surface area contributed by atoms with Gasteiger partial charge in [-0.05, 0) is 35.1 Å².